The first kappa shape index (κ1) is 19.8. The van der Waals surface area contributed by atoms with E-state index in [4.69, 9.17) is 5.73 Å². The fourth-order valence-corrected chi connectivity index (χ4v) is 6.18. The molecule has 152 valence electrons. The Balaban J connectivity index is 1.64. The molecule has 29 heavy (non-hydrogen) atoms. The molecule has 0 aromatic carbocycles. The topological polar surface area (TPSA) is 107 Å². The largest absolute Gasteiger partial charge is 0.365 e. The molecule has 1 unspecified atom stereocenters. The maximum absolute atomic E-state index is 12.8. The van der Waals surface area contributed by atoms with Gasteiger partial charge in [0.25, 0.3) is 11.5 Å². The molecule has 2 amide bonds. The van der Waals surface area contributed by atoms with Crippen molar-refractivity contribution >= 4 is 49.7 Å². The average Bonchev–Trinajstić information content (AvgIpc) is 3.17. The molecule has 0 bridgehead atoms. The number of hydrogen-bond acceptors (Lipinski definition) is 6. The molecule has 1 atom stereocenters. The number of nitrogens with zero attached hydrogens (tertiary/aromatic N) is 2. The molecule has 0 radical (unpaired) electrons. The van der Waals surface area contributed by atoms with Crippen molar-refractivity contribution in [1.82, 2.24) is 9.55 Å². The zero-order valence-electron chi connectivity index (χ0n) is 16.5. The highest BCUT2D eigenvalue weighted by atomic mass is 32.1. The van der Waals surface area contributed by atoms with Crippen LogP contribution in [-0.4, -0.2) is 21.4 Å². The monoisotopic (exact) mass is 430 g/mol. The summed E-state index contributed by atoms with van der Waals surface area (Å²) in [5.41, 5.74) is 6.75. The van der Waals surface area contributed by atoms with Gasteiger partial charge in [-0.3, -0.25) is 19.0 Å². The van der Waals surface area contributed by atoms with E-state index in [0.717, 1.165) is 34.6 Å². The first-order valence-electron chi connectivity index (χ1n) is 9.46. The summed E-state index contributed by atoms with van der Waals surface area (Å²) in [4.78, 5) is 44.8. The summed E-state index contributed by atoms with van der Waals surface area (Å²) >= 11 is 2.87. The molecule has 0 saturated heterocycles. The number of nitrogens with two attached hydrogens (primary N) is 1. The third-order valence-corrected chi connectivity index (χ3v) is 7.39. The Bertz CT molecular complexity index is 1200. The second-order valence-electron chi connectivity index (χ2n) is 7.59. The molecule has 1 aliphatic carbocycles. The van der Waals surface area contributed by atoms with Crippen LogP contribution in [-0.2, 0) is 24.2 Å². The van der Waals surface area contributed by atoms with Crippen molar-refractivity contribution in [1.29, 1.82) is 0 Å². The van der Waals surface area contributed by atoms with E-state index in [2.05, 4.69) is 17.2 Å². The van der Waals surface area contributed by atoms with E-state index in [1.807, 2.05) is 6.92 Å². The predicted octanol–water partition coefficient (Wildman–Crippen LogP) is 3.00. The van der Waals surface area contributed by atoms with Gasteiger partial charge >= 0.3 is 0 Å². The molecule has 1 aliphatic rings. The standard InChI is InChI=1S/C20H22N4O3S2/c1-9-4-5-12-14(6-9)29-19(16(12)17(21)26)23-15(25)8-24-11(3)22-18-13(20(24)27)7-10(2)28-18/h7,9H,4-6,8H2,1-3H3,(H2,21,26)(H,23,25). The van der Waals surface area contributed by atoms with Gasteiger partial charge in [-0.15, -0.1) is 22.7 Å². The number of rotatable bonds is 4. The van der Waals surface area contributed by atoms with Crippen molar-refractivity contribution in [2.75, 3.05) is 5.32 Å². The smallest absolute Gasteiger partial charge is 0.262 e. The lowest BCUT2D eigenvalue weighted by atomic mass is 9.88. The zero-order valence-corrected chi connectivity index (χ0v) is 18.1. The zero-order chi connectivity index (χ0) is 20.9. The molecule has 3 aromatic rings. The Labute approximate surface area is 175 Å². The molecule has 3 aromatic heterocycles. The highest BCUT2D eigenvalue weighted by Gasteiger charge is 2.27. The van der Waals surface area contributed by atoms with E-state index in [9.17, 15) is 14.4 Å². The minimum absolute atomic E-state index is 0.167. The average molecular weight is 431 g/mol. The van der Waals surface area contributed by atoms with Gasteiger partial charge in [-0.1, -0.05) is 6.92 Å². The first-order chi connectivity index (χ1) is 13.7. The van der Waals surface area contributed by atoms with Crippen LogP contribution in [0.15, 0.2) is 10.9 Å². The van der Waals surface area contributed by atoms with Gasteiger partial charge in [-0.25, -0.2) is 4.98 Å². The number of nitrogens with one attached hydrogen (secondary N) is 1. The molecule has 4 rings (SSSR count). The van der Waals surface area contributed by atoms with Gasteiger partial charge in [0.2, 0.25) is 5.91 Å². The number of anilines is 1. The SMILES string of the molecule is Cc1cc2c(=O)n(CC(=O)Nc3sc4c(c3C(N)=O)CCC(C)C4)c(C)nc2s1. The lowest BCUT2D eigenvalue weighted by Crippen LogP contribution is -2.30. The fourth-order valence-electron chi connectivity index (χ4n) is 3.83. The van der Waals surface area contributed by atoms with Crippen LogP contribution in [0.5, 0.6) is 0 Å². The lowest BCUT2D eigenvalue weighted by molar-refractivity contribution is -0.116. The van der Waals surface area contributed by atoms with Gasteiger partial charge in [0.05, 0.1) is 10.9 Å². The molecular weight excluding hydrogens is 408 g/mol. The summed E-state index contributed by atoms with van der Waals surface area (Å²) in [6, 6.07) is 1.79. The molecule has 7 nitrogen and oxygen atoms in total. The second-order valence-corrected chi connectivity index (χ2v) is 9.93. The van der Waals surface area contributed by atoms with Gasteiger partial charge < -0.3 is 11.1 Å². The summed E-state index contributed by atoms with van der Waals surface area (Å²) < 4.78 is 1.36. The highest BCUT2D eigenvalue weighted by Crippen LogP contribution is 2.39. The Kier molecular flexibility index (Phi) is 5.04. The molecular formula is C20H22N4O3S2. The number of thiophene rings is 2. The van der Waals surface area contributed by atoms with Crippen molar-refractivity contribution in [3.05, 3.63) is 43.1 Å². The summed E-state index contributed by atoms with van der Waals surface area (Å²) in [7, 11) is 0. The molecule has 0 fully saturated rings. The van der Waals surface area contributed by atoms with Crippen LogP contribution in [0.25, 0.3) is 10.2 Å². The van der Waals surface area contributed by atoms with E-state index < -0.39 is 5.91 Å². The molecule has 0 spiro atoms. The maximum Gasteiger partial charge on any atom is 0.262 e. The normalized spacial score (nSPS) is 16.0. The van der Waals surface area contributed by atoms with Gasteiger partial charge in [-0.05, 0) is 50.7 Å². The number of aryl methyl sites for hydroxylation is 2. The van der Waals surface area contributed by atoms with Crippen molar-refractivity contribution in [2.45, 2.75) is 46.6 Å². The summed E-state index contributed by atoms with van der Waals surface area (Å²) in [5, 5.41) is 3.81. The van der Waals surface area contributed by atoms with Crippen molar-refractivity contribution in [3.63, 3.8) is 0 Å². The van der Waals surface area contributed by atoms with Crippen LogP contribution in [0.3, 0.4) is 0 Å². The number of carbonyl (C=O) groups excluding carboxylic acids is 2. The molecule has 9 heteroatoms. The minimum atomic E-state index is -0.530. The van der Waals surface area contributed by atoms with Crippen LogP contribution in [0.2, 0.25) is 0 Å². The van der Waals surface area contributed by atoms with Crippen molar-refractivity contribution in [3.8, 4) is 0 Å². The van der Waals surface area contributed by atoms with E-state index in [1.54, 1.807) is 13.0 Å². The second kappa shape index (κ2) is 7.38. The number of aromatic nitrogens is 2. The van der Waals surface area contributed by atoms with Crippen LogP contribution < -0.4 is 16.6 Å². The molecule has 3 heterocycles. The van der Waals surface area contributed by atoms with E-state index >= 15 is 0 Å². The highest BCUT2D eigenvalue weighted by molar-refractivity contribution is 7.18. The Hall–Kier alpha value is -2.52. The van der Waals surface area contributed by atoms with Gasteiger partial charge in [-0.2, -0.15) is 0 Å². The number of fused-ring (bicyclic) bond motifs is 2. The van der Waals surface area contributed by atoms with E-state index in [1.165, 1.54) is 27.2 Å². The summed E-state index contributed by atoms with van der Waals surface area (Å²) in [6.45, 7) is 5.64. The maximum atomic E-state index is 12.8. The number of hydrogen-bond donors (Lipinski definition) is 2. The third kappa shape index (κ3) is 3.60. The van der Waals surface area contributed by atoms with Crippen LogP contribution in [0.1, 0.15) is 44.8 Å². The van der Waals surface area contributed by atoms with Gasteiger partial charge in [0, 0.05) is 9.75 Å². The van der Waals surface area contributed by atoms with E-state index in [0.29, 0.717) is 32.5 Å². The number of carbonyl (C=O) groups is 2. The van der Waals surface area contributed by atoms with Gasteiger partial charge in [0.1, 0.15) is 22.2 Å². The summed E-state index contributed by atoms with van der Waals surface area (Å²) in [6.07, 6.45) is 2.67. The Morgan fingerprint density at radius 1 is 1.34 bits per heavy atom. The first-order valence-corrected chi connectivity index (χ1v) is 11.1. The summed E-state index contributed by atoms with van der Waals surface area (Å²) in [5.74, 6) is 0.113. The molecule has 0 aliphatic heterocycles. The van der Waals surface area contributed by atoms with Crippen molar-refractivity contribution in [2.24, 2.45) is 11.7 Å². The van der Waals surface area contributed by atoms with Crippen LogP contribution in [0, 0.1) is 19.8 Å². The molecule has 0 saturated carbocycles. The number of amides is 2. The lowest BCUT2D eigenvalue weighted by Gasteiger charge is -2.18. The molecule has 3 N–H and O–H groups in total. The van der Waals surface area contributed by atoms with Gasteiger partial charge in [0.15, 0.2) is 0 Å². The van der Waals surface area contributed by atoms with Crippen molar-refractivity contribution < 1.29 is 9.59 Å². The predicted molar refractivity (Wildman–Crippen MR) is 116 cm³/mol. The third-order valence-electron chi connectivity index (χ3n) is 5.28. The fraction of sp³-hybridized carbons (Fsp3) is 0.400. The van der Waals surface area contributed by atoms with Crippen LogP contribution in [0.4, 0.5) is 5.00 Å². The van der Waals surface area contributed by atoms with E-state index in [-0.39, 0.29) is 18.0 Å². The Morgan fingerprint density at radius 2 is 2.10 bits per heavy atom. The Morgan fingerprint density at radius 3 is 2.83 bits per heavy atom. The quantitative estimate of drug-likeness (QED) is 0.663. The number of primary amides is 1. The minimum Gasteiger partial charge on any atom is -0.365 e. The van der Waals surface area contributed by atoms with Crippen LogP contribution >= 0.6 is 22.7 Å².